The van der Waals surface area contributed by atoms with Crippen molar-refractivity contribution in [3.8, 4) is 11.5 Å². The Morgan fingerprint density at radius 2 is 1.65 bits per heavy atom. The van der Waals surface area contributed by atoms with Crippen LogP contribution in [0.1, 0.15) is 38.8 Å². The minimum absolute atomic E-state index is 0.209. The molecule has 0 amide bonds. The Bertz CT molecular complexity index is 582. The molecule has 0 aliphatic heterocycles. The lowest BCUT2D eigenvalue weighted by Gasteiger charge is -2.24. The number of pyridine rings is 1. The van der Waals surface area contributed by atoms with E-state index in [1.165, 1.54) is 5.56 Å². The third kappa shape index (κ3) is 6.47. The van der Waals surface area contributed by atoms with Crippen molar-refractivity contribution < 1.29 is 4.74 Å². The largest absolute Gasteiger partial charge is 0.457 e. The Morgan fingerprint density at radius 3 is 2.13 bits per heavy atom. The Hall–Kier alpha value is -1.78. The highest BCUT2D eigenvalue weighted by atomic mass is 32.1. The summed E-state index contributed by atoms with van der Waals surface area (Å²) in [6, 6.07) is 11.9. The molecule has 1 aromatic heterocycles. The van der Waals surface area contributed by atoms with Gasteiger partial charge in [0, 0.05) is 18.4 Å². The number of hydrogen-bond acceptors (Lipinski definition) is 4. The van der Waals surface area contributed by atoms with Crippen molar-refractivity contribution in [2.24, 2.45) is 0 Å². The SMILES string of the molecule is C=C(C)CC(c1ccc(Oc2ccncc2)cc1)N(C)S.CC. The number of thiol groups is 1. The van der Waals surface area contributed by atoms with E-state index in [1.54, 1.807) is 12.4 Å². The van der Waals surface area contributed by atoms with Crippen molar-refractivity contribution in [2.75, 3.05) is 7.05 Å². The van der Waals surface area contributed by atoms with Crippen LogP contribution < -0.4 is 4.74 Å². The summed E-state index contributed by atoms with van der Waals surface area (Å²) in [5.74, 6) is 1.59. The summed E-state index contributed by atoms with van der Waals surface area (Å²) in [6.45, 7) is 10.0. The molecule has 1 unspecified atom stereocenters. The lowest BCUT2D eigenvalue weighted by atomic mass is 10.0. The minimum Gasteiger partial charge on any atom is -0.457 e. The zero-order valence-corrected chi connectivity index (χ0v) is 15.3. The average Bonchev–Trinajstić information content (AvgIpc) is 2.56. The van der Waals surface area contributed by atoms with Crippen LogP contribution in [0.15, 0.2) is 60.9 Å². The van der Waals surface area contributed by atoms with E-state index in [-0.39, 0.29) is 6.04 Å². The van der Waals surface area contributed by atoms with E-state index >= 15 is 0 Å². The maximum absolute atomic E-state index is 5.76. The van der Waals surface area contributed by atoms with Gasteiger partial charge in [0.15, 0.2) is 0 Å². The quantitative estimate of drug-likeness (QED) is 0.544. The first-order valence-corrected chi connectivity index (χ1v) is 8.20. The predicted octanol–water partition coefficient (Wildman–Crippen LogP) is 5.68. The number of hydrogen-bond donors (Lipinski definition) is 1. The summed E-state index contributed by atoms with van der Waals surface area (Å²) < 4.78 is 7.67. The van der Waals surface area contributed by atoms with Crippen molar-refractivity contribution in [1.29, 1.82) is 0 Å². The molecule has 0 spiro atoms. The fraction of sp³-hybridized carbons (Fsp3) is 0.316. The summed E-state index contributed by atoms with van der Waals surface area (Å²) >= 11 is 4.44. The van der Waals surface area contributed by atoms with Gasteiger partial charge in [0.1, 0.15) is 11.5 Å². The van der Waals surface area contributed by atoms with Gasteiger partial charge in [-0.1, -0.05) is 44.4 Å². The van der Waals surface area contributed by atoms with Crippen LogP contribution in [0.3, 0.4) is 0 Å². The molecule has 23 heavy (non-hydrogen) atoms. The topological polar surface area (TPSA) is 25.4 Å². The molecule has 0 aliphatic rings. The van der Waals surface area contributed by atoms with Gasteiger partial charge >= 0.3 is 0 Å². The Morgan fingerprint density at radius 1 is 1.13 bits per heavy atom. The molecule has 2 rings (SSSR count). The molecule has 0 fully saturated rings. The fourth-order valence-corrected chi connectivity index (χ4v) is 2.31. The fourth-order valence-electron chi connectivity index (χ4n) is 2.10. The van der Waals surface area contributed by atoms with Gasteiger partial charge < -0.3 is 4.74 Å². The van der Waals surface area contributed by atoms with Gasteiger partial charge in [-0.25, -0.2) is 4.31 Å². The van der Waals surface area contributed by atoms with E-state index in [0.717, 1.165) is 23.5 Å². The number of aromatic nitrogens is 1. The molecule has 4 heteroatoms. The van der Waals surface area contributed by atoms with Crippen molar-refractivity contribution in [3.05, 3.63) is 66.5 Å². The third-order valence-corrected chi connectivity index (χ3v) is 3.42. The van der Waals surface area contributed by atoms with Crippen LogP contribution in [0, 0.1) is 0 Å². The summed E-state index contributed by atoms with van der Waals surface area (Å²) in [5, 5.41) is 0. The Balaban J connectivity index is 0.00000127. The third-order valence-electron chi connectivity index (χ3n) is 3.14. The predicted molar refractivity (Wildman–Crippen MR) is 101 cm³/mol. The van der Waals surface area contributed by atoms with Crippen LogP contribution in [0.5, 0.6) is 11.5 Å². The van der Waals surface area contributed by atoms with Crippen LogP contribution in [0.25, 0.3) is 0 Å². The smallest absolute Gasteiger partial charge is 0.130 e. The molecule has 0 radical (unpaired) electrons. The number of nitrogens with zero attached hydrogens (tertiary/aromatic N) is 2. The van der Waals surface area contributed by atoms with E-state index in [1.807, 2.05) is 56.4 Å². The number of ether oxygens (including phenoxy) is 1. The number of benzene rings is 1. The maximum Gasteiger partial charge on any atom is 0.130 e. The first kappa shape index (κ1) is 19.3. The standard InChI is InChI=1S/C17H20N2OS.C2H6/c1-13(2)12-17(19(3)21)14-4-6-15(7-5-14)20-16-8-10-18-11-9-16;1-2/h4-11,17,21H,1,12H2,2-3H3;1-2H3. The second kappa shape index (κ2) is 10.1. The Labute approximate surface area is 145 Å². The average molecular weight is 330 g/mol. The first-order valence-electron chi connectivity index (χ1n) is 7.80. The summed E-state index contributed by atoms with van der Waals surface area (Å²) in [6.07, 6.45) is 4.30. The second-order valence-corrected chi connectivity index (χ2v) is 5.74. The van der Waals surface area contributed by atoms with Crippen molar-refractivity contribution in [2.45, 2.75) is 33.2 Å². The normalized spacial score (nSPS) is 11.4. The molecular weight excluding hydrogens is 304 g/mol. The van der Waals surface area contributed by atoms with Gasteiger partial charge in [-0.2, -0.15) is 0 Å². The van der Waals surface area contributed by atoms with Crippen LogP contribution in [-0.4, -0.2) is 16.3 Å². The van der Waals surface area contributed by atoms with Gasteiger partial charge in [0.05, 0.1) is 0 Å². The molecular formula is C19H26N2OS. The number of rotatable bonds is 6. The van der Waals surface area contributed by atoms with Crippen LogP contribution in [0.4, 0.5) is 0 Å². The van der Waals surface area contributed by atoms with Crippen molar-refractivity contribution in [1.82, 2.24) is 9.29 Å². The van der Waals surface area contributed by atoms with Gasteiger partial charge in [-0.05, 0) is 50.2 Å². The monoisotopic (exact) mass is 330 g/mol. The van der Waals surface area contributed by atoms with Crippen LogP contribution >= 0.6 is 12.8 Å². The van der Waals surface area contributed by atoms with Crippen molar-refractivity contribution in [3.63, 3.8) is 0 Å². The minimum atomic E-state index is 0.209. The van der Waals surface area contributed by atoms with E-state index in [4.69, 9.17) is 4.74 Å². The summed E-state index contributed by atoms with van der Waals surface area (Å²) in [5.41, 5.74) is 2.33. The molecule has 0 saturated heterocycles. The second-order valence-electron chi connectivity index (χ2n) is 5.10. The van der Waals surface area contributed by atoms with Gasteiger partial charge in [0.2, 0.25) is 0 Å². The lowest BCUT2D eigenvalue weighted by Crippen LogP contribution is -2.15. The highest BCUT2D eigenvalue weighted by Gasteiger charge is 2.14. The van der Waals surface area contributed by atoms with Crippen LogP contribution in [0.2, 0.25) is 0 Å². The zero-order valence-electron chi connectivity index (χ0n) is 14.4. The van der Waals surface area contributed by atoms with Gasteiger partial charge in [0.25, 0.3) is 0 Å². The van der Waals surface area contributed by atoms with E-state index in [2.05, 4.69) is 36.5 Å². The van der Waals surface area contributed by atoms with E-state index in [9.17, 15) is 0 Å². The molecule has 1 aromatic carbocycles. The highest BCUT2D eigenvalue weighted by molar-refractivity contribution is 7.77. The lowest BCUT2D eigenvalue weighted by molar-refractivity contribution is 0.421. The summed E-state index contributed by atoms with van der Waals surface area (Å²) in [4.78, 5) is 3.97. The van der Waals surface area contributed by atoms with E-state index < -0.39 is 0 Å². The van der Waals surface area contributed by atoms with Crippen molar-refractivity contribution >= 4 is 12.8 Å². The zero-order chi connectivity index (χ0) is 17.2. The highest BCUT2D eigenvalue weighted by Crippen LogP contribution is 2.29. The maximum atomic E-state index is 5.76. The van der Waals surface area contributed by atoms with Crippen LogP contribution in [-0.2, 0) is 0 Å². The Kier molecular flexibility index (Phi) is 8.45. The molecule has 1 heterocycles. The first-order chi connectivity index (χ1) is 11.1. The molecule has 1 atom stereocenters. The van der Waals surface area contributed by atoms with Gasteiger partial charge in [-0.3, -0.25) is 4.98 Å². The molecule has 0 bridgehead atoms. The molecule has 2 aromatic rings. The van der Waals surface area contributed by atoms with Gasteiger partial charge in [-0.15, -0.1) is 6.58 Å². The molecule has 3 nitrogen and oxygen atoms in total. The molecule has 0 N–H and O–H groups in total. The van der Waals surface area contributed by atoms with E-state index in [0.29, 0.717) is 0 Å². The molecule has 0 saturated carbocycles. The molecule has 0 aliphatic carbocycles. The molecule has 124 valence electrons. The summed E-state index contributed by atoms with van der Waals surface area (Å²) in [7, 11) is 1.96.